The van der Waals surface area contributed by atoms with Gasteiger partial charge in [-0.2, -0.15) is 4.31 Å². The number of ether oxygens (including phenoxy) is 1. The first-order chi connectivity index (χ1) is 9.37. The lowest BCUT2D eigenvalue weighted by molar-refractivity contribution is 0.0393. The number of sulfonamides is 1. The van der Waals surface area contributed by atoms with Gasteiger partial charge in [-0.3, -0.25) is 0 Å². The summed E-state index contributed by atoms with van der Waals surface area (Å²) in [6.07, 6.45) is 1.38. The smallest absolute Gasteiger partial charge is 0.352 e. The fraction of sp³-hybridized carbons (Fsp3) is 0.583. The zero-order valence-corrected chi connectivity index (χ0v) is 12.3. The van der Waals surface area contributed by atoms with Gasteiger partial charge >= 0.3 is 5.97 Å². The Morgan fingerprint density at radius 3 is 2.75 bits per heavy atom. The molecule has 1 aromatic heterocycles. The van der Waals surface area contributed by atoms with Gasteiger partial charge in [0.2, 0.25) is 10.0 Å². The maximum Gasteiger partial charge on any atom is 0.352 e. The lowest BCUT2D eigenvalue weighted by Crippen LogP contribution is -2.46. The summed E-state index contributed by atoms with van der Waals surface area (Å²) in [5.41, 5.74) is -0.0213. The largest absolute Gasteiger partial charge is 0.477 e. The minimum atomic E-state index is -3.69. The summed E-state index contributed by atoms with van der Waals surface area (Å²) in [5, 5.41) is 9.09. The van der Waals surface area contributed by atoms with Crippen LogP contribution in [-0.2, 0) is 21.3 Å². The van der Waals surface area contributed by atoms with Crippen molar-refractivity contribution in [3.63, 3.8) is 0 Å². The molecule has 0 radical (unpaired) electrons. The first-order valence-corrected chi connectivity index (χ1v) is 7.85. The predicted molar refractivity (Wildman–Crippen MR) is 71.2 cm³/mol. The molecule has 0 bridgehead atoms. The minimum Gasteiger partial charge on any atom is -0.477 e. The molecular formula is C12H18N2O5S. The van der Waals surface area contributed by atoms with Crippen molar-refractivity contribution < 1.29 is 23.1 Å². The third-order valence-electron chi connectivity index (χ3n) is 3.34. The predicted octanol–water partition coefficient (Wildman–Crippen LogP) is 0.616. The molecule has 2 heterocycles. The number of carboxylic acids is 1. The van der Waals surface area contributed by atoms with Crippen LogP contribution in [0, 0.1) is 0 Å². The van der Waals surface area contributed by atoms with Gasteiger partial charge in [0.15, 0.2) is 0 Å². The van der Waals surface area contributed by atoms with E-state index in [1.807, 2.05) is 0 Å². The van der Waals surface area contributed by atoms with Gasteiger partial charge in [-0.25, -0.2) is 13.2 Å². The summed E-state index contributed by atoms with van der Waals surface area (Å²) in [6, 6.07) is 0.954. The molecule has 1 aliphatic rings. The Morgan fingerprint density at radius 2 is 2.25 bits per heavy atom. The molecule has 2 rings (SSSR count). The van der Waals surface area contributed by atoms with E-state index in [0.29, 0.717) is 19.8 Å². The van der Waals surface area contributed by atoms with Crippen molar-refractivity contribution in [1.82, 2.24) is 8.87 Å². The topological polar surface area (TPSA) is 88.8 Å². The van der Waals surface area contributed by atoms with Crippen LogP contribution in [0.15, 0.2) is 17.2 Å². The summed E-state index contributed by atoms with van der Waals surface area (Å²) in [7, 11) is -3.69. The molecule has 8 heteroatoms. The van der Waals surface area contributed by atoms with Gasteiger partial charge in [-0.05, 0) is 19.9 Å². The maximum absolute atomic E-state index is 12.6. The van der Waals surface area contributed by atoms with Crippen molar-refractivity contribution in [3.8, 4) is 0 Å². The van der Waals surface area contributed by atoms with E-state index in [0.717, 1.165) is 0 Å². The first kappa shape index (κ1) is 15.0. The maximum atomic E-state index is 12.6. The molecule has 7 nitrogen and oxygen atoms in total. The fourth-order valence-corrected chi connectivity index (χ4v) is 3.91. The molecular weight excluding hydrogens is 284 g/mol. The summed E-state index contributed by atoms with van der Waals surface area (Å²) >= 11 is 0. The highest BCUT2D eigenvalue weighted by Gasteiger charge is 2.33. The second-order valence-corrected chi connectivity index (χ2v) is 6.58. The van der Waals surface area contributed by atoms with Gasteiger partial charge in [-0.15, -0.1) is 0 Å². The molecule has 1 aromatic rings. The molecule has 0 aliphatic carbocycles. The van der Waals surface area contributed by atoms with Crippen LogP contribution in [-0.4, -0.2) is 54.2 Å². The monoisotopic (exact) mass is 302 g/mol. The molecule has 1 saturated heterocycles. The summed E-state index contributed by atoms with van der Waals surface area (Å²) < 4.78 is 33.1. The third kappa shape index (κ3) is 2.58. The highest BCUT2D eigenvalue weighted by Crippen LogP contribution is 2.22. The van der Waals surface area contributed by atoms with Gasteiger partial charge in [0.1, 0.15) is 10.6 Å². The molecule has 0 unspecified atom stereocenters. The number of hydrogen-bond donors (Lipinski definition) is 1. The van der Waals surface area contributed by atoms with Crippen LogP contribution in [0.5, 0.6) is 0 Å². The van der Waals surface area contributed by atoms with E-state index in [1.54, 1.807) is 13.8 Å². The van der Waals surface area contributed by atoms with Crippen molar-refractivity contribution in [2.45, 2.75) is 31.3 Å². The molecule has 1 fully saturated rings. The number of carboxylic acid groups (broad SMARTS) is 1. The van der Waals surface area contributed by atoms with Gasteiger partial charge < -0.3 is 14.4 Å². The normalized spacial score (nSPS) is 21.0. The number of aromatic nitrogens is 1. The molecule has 20 heavy (non-hydrogen) atoms. The van der Waals surface area contributed by atoms with Crippen molar-refractivity contribution in [3.05, 3.63) is 18.0 Å². The average Bonchev–Trinajstić information content (AvgIpc) is 2.84. The summed E-state index contributed by atoms with van der Waals surface area (Å²) in [6.45, 7) is 4.91. The SMILES string of the molecule is CCn1cc(S(=O)(=O)N2CCOC[C@H]2C)cc1C(=O)O. The van der Waals surface area contributed by atoms with Crippen molar-refractivity contribution in [2.24, 2.45) is 0 Å². The second kappa shape index (κ2) is 5.55. The van der Waals surface area contributed by atoms with Crippen molar-refractivity contribution in [2.75, 3.05) is 19.8 Å². The first-order valence-electron chi connectivity index (χ1n) is 6.41. The van der Waals surface area contributed by atoms with Crippen LogP contribution in [0.25, 0.3) is 0 Å². The van der Waals surface area contributed by atoms with E-state index in [2.05, 4.69) is 0 Å². The molecule has 1 atom stereocenters. The Kier molecular flexibility index (Phi) is 4.17. The van der Waals surface area contributed by atoms with Crippen LogP contribution in [0.4, 0.5) is 0 Å². The Hall–Kier alpha value is -1.38. The fourth-order valence-electron chi connectivity index (χ4n) is 2.27. The molecule has 0 spiro atoms. The number of morpholine rings is 1. The lowest BCUT2D eigenvalue weighted by Gasteiger charge is -2.31. The highest BCUT2D eigenvalue weighted by molar-refractivity contribution is 7.89. The number of hydrogen-bond acceptors (Lipinski definition) is 4. The van der Waals surface area contributed by atoms with Crippen molar-refractivity contribution in [1.29, 1.82) is 0 Å². The molecule has 0 saturated carbocycles. The molecule has 0 aromatic carbocycles. The standard InChI is InChI=1S/C12H18N2O5S/c1-3-13-7-10(6-11(13)12(15)16)20(17,18)14-4-5-19-8-9(14)2/h6-7,9H,3-5,8H2,1-2H3,(H,15,16)/t9-/m1/s1. The zero-order chi connectivity index (χ0) is 14.9. The zero-order valence-electron chi connectivity index (χ0n) is 11.4. The van der Waals surface area contributed by atoms with Gasteiger partial charge in [0, 0.05) is 25.3 Å². The van der Waals surface area contributed by atoms with Crippen LogP contribution < -0.4 is 0 Å². The van der Waals surface area contributed by atoms with Gasteiger partial charge in [0.05, 0.1) is 13.2 Å². The number of nitrogens with zero attached hydrogens (tertiary/aromatic N) is 2. The second-order valence-electron chi connectivity index (χ2n) is 4.69. The van der Waals surface area contributed by atoms with E-state index in [-0.39, 0.29) is 23.2 Å². The van der Waals surface area contributed by atoms with E-state index in [1.165, 1.54) is 21.1 Å². The van der Waals surface area contributed by atoms with Crippen LogP contribution in [0.2, 0.25) is 0 Å². The Morgan fingerprint density at radius 1 is 1.55 bits per heavy atom. The van der Waals surface area contributed by atoms with Gasteiger partial charge in [-0.1, -0.05) is 0 Å². The van der Waals surface area contributed by atoms with Gasteiger partial charge in [0.25, 0.3) is 0 Å². The Labute approximate surface area is 117 Å². The third-order valence-corrected chi connectivity index (χ3v) is 5.32. The van der Waals surface area contributed by atoms with E-state index < -0.39 is 16.0 Å². The van der Waals surface area contributed by atoms with Crippen LogP contribution >= 0.6 is 0 Å². The Balaban J connectivity index is 2.41. The lowest BCUT2D eigenvalue weighted by atomic mass is 10.3. The van der Waals surface area contributed by atoms with E-state index in [4.69, 9.17) is 9.84 Å². The van der Waals surface area contributed by atoms with E-state index in [9.17, 15) is 13.2 Å². The molecule has 112 valence electrons. The Bertz CT molecular complexity index is 607. The van der Waals surface area contributed by atoms with Crippen LogP contribution in [0.3, 0.4) is 0 Å². The molecule has 1 N–H and O–H groups in total. The average molecular weight is 302 g/mol. The number of aromatic carboxylic acids is 1. The molecule has 1 aliphatic heterocycles. The van der Waals surface area contributed by atoms with E-state index >= 15 is 0 Å². The number of carbonyl (C=O) groups is 1. The summed E-state index contributed by atoms with van der Waals surface area (Å²) in [5.74, 6) is -1.14. The van der Waals surface area contributed by atoms with Crippen LogP contribution in [0.1, 0.15) is 24.3 Å². The minimum absolute atomic E-state index is 0.0190. The molecule has 0 amide bonds. The number of aryl methyl sites for hydroxylation is 1. The van der Waals surface area contributed by atoms with Crippen molar-refractivity contribution >= 4 is 16.0 Å². The quantitative estimate of drug-likeness (QED) is 0.880. The number of rotatable bonds is 4. The highest BCUT2D eigenvalue weighted by atomic mass is 32.2. The summed E-state index contributed by atoms with van der Waals surface area (Å²) in [4.78, 5) is 11.1.